The first-order chi connectivity index (χ1) is 19.6. The molecule has 41 heavy (non-hydrogen) atoms. The number of ether oxygens (including phenoxy) is 1. The van der Waals surface area contributed by atoms with E-state index in [1.54, 1.807) is 22.7 Å². The fraction of sp³-hybridized carbons (Fsp3) is 0.559. The van der Waals surface area contributed by atoms with Gasteiger partial charge in [-0.1, -0.05) is 103 Å². The quantitative estimate of drug-likeness (QED) is 0.134. The molecule has 4 nitrogen and oxygen atoms in total. The molecule has 1 amide bonds. The first kappa shape index (κ1) is 35.2. The standard InChI is InChI=1S/C34H49FN2O2S.BrH/c1-3-5-6-7-8-9-10-11-12-13-14-15-22-39-33-20-19-30(25-32(33)35)27-37(34(38)4-2)31-18-16-17-29(24-31)26-36-21-23-40-28-36;/h16-21,23-25H,3-15,22,26-28H2,1-2H3;1H. The molecule has 0 atom stereocenters. The van der Waals surface area contributed by atoms with Crippen molar-refractivity contribution in [2.75, 3.05) is 17.4 Å². The number of thioether (sulfide) groups is 1. The van der Waals surface area contributed by atoms with E-state index in [2.05, 4.69) is 35.6 Å². The zero-order valence-corrected chi connectivity index (χ0v) is 27.7. The second-order valence-corrected chi connectivity index (χ2v) is 11.7. The van der Waals surface area contributed by atoms with Gasteiger partial charge in [0.05, 0.1) is 19.0 Å². The molecule has 0 saturated carbocycles. The third kappa shape index (κ3) is 13.2. The highest BCUT2D eigenvalue weighted by Gasteiger charge is 2.17. The van der Waals surface area contributed by atoms with Crippen molar-refractivity contribution in [3.05, 3.63) is 71.0 Å². The lowest BCUT2D eigenvalue weighted by Gasteiger charge is -2.24. The van der Waals surface area contributed by atoms with E-state index >= 15 is 0 Å². The molecule has 1 aliphatic heterocycles. The summed E-state index contributed by atoms with van der Waals surface area (Å²) in [6, 6.07) is 13.2. The van der Waals surface area contributed by atoms with Crippen molar-refractivity contribution >= 4 is 40.3 Å². The van der Waals surface area contributed by atoms with Gasteiger partial charge in [-0.25, -0.2) is 4.39 Å². The Morgan fingerprint density at radius 1 is 0.902 bits per heavy atom. The van der Waals surface area contributed by atoms with E-state index < -0.39 is 0 Å². The lowest BCUT2D eigenvalue weighted by Crippen LogP contribution is -2.29. The van der Waals surface area contributed by atoms with Gasteiger partial charge in [0.25, 0.3) is 0 Å². The highest BCUT2D eigenvalue weighted by atomic mass is 79.9. The molecule has 7 heteroatoms. The molecule has 0 aliphatic carbocycles. The Hall–Kier alpha value is -1.99. The predicted octanol–water partition coefficient (Wildman–Crippen LogP) is 10.4. The third-order valence-corrected chi connectivity index (χ3v) is 8.21. The van der Waals surface area contributed by atoms with Crippen LogP contribution in [0, 0.1) is 5.82 Å². The third-order valence-electron chi connectivity index (χ3n) is 7.41. The molecule has 0 saturated heterocycles. The van der Waals surface area contributed by atoms with Gasteiger partial charge in [0.1, 0.15) is 0 Å². The van der Waals surface area contributed by atoms with Crippen LogP contribution >= 0.6 is 28.7 Å². The number of anilines is 1. The lowest BCUT2D eigenvalue weighted by atomic mass is 10.1. The number of halogens is 2. The van der Waals surface area contributed by atoms with Gasteiger partial charge >= 0.3 is 0 Å². The molecule has 2 aromatic carbocycles. The van der Waals surface area contributed by atoms with E-state index in [9.17, 15) is 9.18 Å². The van der Waals surface area contributed by atoms with Crippen LogP contribution < -0.4 is 9.64 Å². The van der Waals surface area contributed by atoms with Crippen LogP contribution in [0.25, 0.3) is 0 Å². The molecule has 0 spiro atoms. The number of benzene rings is 2. The number of rotatable bonds is 20. The summed E-state index contributed by atoms with van der Waals surface area (Å²) < 4.78 is 20.6. The Morgan fingerprint density at radius 2 is 1.59 bits per heavy atom. The van der Waals surface area contributed by atoms with E-state index in [0.717, 1.165) is 42.1 Å². The number of hydrogen-bond donors (Lipinski definition) is 0. The van der Waals surface area contributed by atoms with Crippen molar-refractivity contribution in [3.8, 4) is 5.75 Å². The van der Waals surface area contributed by atoms with E-state index in [-0.39, 0.29) is 28.7 Å². The van der Waals surface area contributed by atoms with Crippen LogP contribution in [0.1, 0.15) is 108 Å². The van der Waals surface area contributed by atoms with Gasteiger partial charge in [-0.3, -0.25) is 4.79 Å². The average molecular weight is 650 g/mol. The van der Waals surface area contributed by atoms with E-state index in [1.165, 1.54) is 70.3 Å². The number of nitrogens with zero attached hydrogens (tertiary/aromatic N) is 2. The highest BCUT2D eigenvalue weighted by molar-refractivity contribution is 8.93. The Morgan fingerprint density at radius 3 is 2.20 bits per heavy atom. The van der Waals surface area contributed by atoms with Crippen molar-refractivity contribution in [2.24, 2.45) is 0 Å². The van der Waals surface area contributed by atoms with Crippen LogP contribution in [0.3, 0.4) is 0 Å². The summed E-state index contributed by atoms with van der Waals surface area (Å²) in [5.74, 6) is 0.877. The Balaban J connectivity index is 0.00000588. The van der Waals surface area contributed by atoms with Gasteiger partial charge in [0.2, 0.25) is 5.91 Å². The number of carbonyl (C=O) groups is 1. The van der Waals surface area contributed by atoms with Crippen LogP contribution in [-0.2, 0) is 17.9 Å². The topological polar surface area (TPSA) is 32.8 Å². The monoisotopic (exact) mass is 648 g/mol. The lowest BCUT2D eigenvalue weighted by molar-refractivity contribution is -0.118. The van der Waals surface area contributed by atoms with Crippen LogP contribution in [0.5, 0.6) is 5.75 Å². The molecule has 0 unspecified atom stereocenters. The molecular weight excluding hydrogens is 599 g/mol. The largest absolute Gasteiger partial charge is 0.491 e. The molecule has 0 N–H and O–H groups in total. The molecular formula is C34H50BrFN2O2S. The molecule has 3 rings (SSSR count). The Bertz CT molecular complexity index is 1050. The first-order valence-corrected chi connectivity index (χ1v) is 16.5. The van der Waals surface area contributed by atoms with Crippen molar-refractivity contribution in [1.82, 2.24) is 4.90 Å². The van der Waals surface area contributed by atoms with Crippen molar-refractivity contribution < 1.29 is 13.9 Å². The molecule has 0 radical (unpaired) electrons. The van der Waals surface area contributed by atoms with Gasteiger partial charge in [-0.15, -0.1) is 28.7 Å². The van der Waals surface area contributed by atoms with Crippen LogP contribution in [-0.4, -0.2) is 23.3 Å². The van der Waals surface area contributed by atoms with E-state index in [1.807, 2.05) is 25.1 Å². The minimum absolute atomic E-state index is 0. The highest BCUT2D eigenvalue weighted by Crippen LogP contribution is 2.25. The Labute approximate surface area is 262 Å². The summed E-state index contributed by atoms with van der Waals surface area (Å²) in [4.78, 5) is 16.8. The molecule has 228 valence electrons. The average Bonchev–Trinajstić information content (AvgIpc) is 3.48. The van der Waals surface area contributed by atoms with Crippen LogP contribution in [0.4, 0.5) is 10.1 Å². The van der Waals surface area contributed by atoms with Crippen LogP contribution in [0.2, 0.25) is 0 Å². The second kappa shape index (κ2) is 20.8. The summed E-state index contributed by atoms with van der Waals surface area (Å²) in [5.41, 5.74) is 2.74. The summed E-state index contributed by atoms with van der Waals surface area (Å²) in [6.45, 7) is 5.78. The van der Waals surface area contributed by atoms with Gasteiger partial charge < -0.3 is 14.5 Å². The molecule has 2 aromatic rings. The number of hydrogen-bond acceptors (Lipinski definition) is 4. The summed E-state index contributed by atoms with van der Waals surface area (Å²) in [5, 5.41) is 2.09. The van der Waals surface area contributed by atoms with Crippen molar-refractivity contribution in [2.45, 2.75) is 110 Å². The maximum absolute atomic E-state index is 14.9. The SMILES string of the molecule is Br.CCCCCCCCCCCCCCOc1ccc(CN(C(=O)CC)c2cccc(CN3C=CSC3)c2)cc1F. The van der Waals surface area contributed by atoms with Gasteiger partial charge in [0, 0.05) is 24.9 Å². The summed E-state index contributed by atoms with van der Waals surface area (Å²) in [6.07, 6.45) is 17.9. The summed E-state index contributed by atoms with van der Waals surface area (Å²) in [7, 11) is 0. The summed E-state index contributed by atoms with van der Waals surface area (Å²) >= 11 is 1.77. The Kier molecular flexibility index (Phi) is 17.9. The van der Waals surface area contributed by atoms with Crippen molar-refractivity contribution in [1.29, 1.82) is 0 Å². The second-order valence-electron chi connectivity index (χ2n) is 10.8. The molecule has 0 fully saturated rings. The molecule has 0 bridgehead atoms. The number of carbonyl (C=O) groups excluding carboxylic acids is 1. The molecule has 1 aliphatic rings. The van der Waals surface area contributed by atoms with Gasteiger partial charge in [-0.2, -0.15) is 0 Å². The first-order valence-electron chi connectivity index (χ1n) is 15.4. The van der Waals surface area contributed by atoms with Crippen molar-refractivity contribution in [3.63, 3.8) is 0 Å². The zero-order valence-electron chi connectivity index (χ0n) is 25.1. The van der Waals surface area contributed by atoms with E-state index in [0.29, 0.717) is 25.3 Å². The van der Waals surface area contributed by atoms with Gasteiger partial charge in [-0.05, 0) is 47.2 Å². The minimum Gasteiger partial charge on any atom is -0.491 e. The minimum atomic E-state index is -0.368. The normalized spacial score (nSPS) is 12.4. The maximum atomic E-state index is 14.9. The fourth-order valence-corrected chi connectivity index (χ4v) is 5.76. The zero-order chi connectivity index (χ0) is 28.4. The smallest absolute Gasteiger partial charge is 0.227 e. The number of amides is 1. The molecule has 0 aromatic heterocycles. The molecule has 1 heterocycles. The maximum Gasteiger partial charge on any atom is 0.227 e. The number of unbranched alkanes of at least 4 members (excludes halogenated alkanes) is 11. The fourth-order valence-electron chi connectivity index (χ4n) is 5.05. The predicted molar refractivity (Wildman–Crippen MR) is 178 cm³/mol. The van der Waals surface area contributed by atoms with E-state index in [4.69, 9.17) is 4.74 Å². The van der Waals surface area contributed by atoms with Crippen LogP contribution in [0.15, 0.2) is 54.1 Å². The van der Waals surface area contributed by atoms with Gasteiger partial charge in [0.15, 0.2) is 11.6 Å².